The van der Waals surface area contributed by atoms with Crippen LogP contribution in [-0.2, 0) is 4.79 Å². The summed E-state index contributed by atoms with van der Waals surface area (Å²) in [6.45, 7) is 4.94. The molecule has 0 saturated carbocycles. The second kappa shape index (κ2) is 8.86. The Bertz CT molecular complexity index is 928. The molecule has 2 heterocycles. The fourth-order valence-electron chi connectivity index (χ4n) is 4.28. The third kappa shape index (κ3) is 4.57. The molecule has 1 N–H and O–H groups in total. The number of carbonyl (C=O) groups excluding carboxylic acids is 2. The van der Waals surface area contributed by atoms with Gasteiger partial charge in [-0.25, -0.2) is 0 Å². The maximum Gasteiger partial charge on any atom is 0.254 e. The number of halogens is 2. The van der Waals surface area contributed by atoms with Crippen LogP contribution in [0.15, 0.2) is 42.5 Å². The van der Waals surface area contributed by atoms with Crippen LogP contribution in [0.25, 0.3) is 0 Å². The van der Waals surface area contributed by atoms with Crippen molar-refractivity contribution in [2.75, 3.05) is 29.9 Å². The van der Waals surface area contributed by atoms with Crippen LogP contribution in [0.2, 0.25) is 10.0 Å². The molecule has 2 saturated heterocycles. The maximum absolute atomic E-state index is 13.0. The molecule has 2 aromatic carbocycles. The van der Waals surface area contributed by atoms with Crippen molar-refractivity contribution in [1.82, 2.24) is 4.90 Å². The molecule has 4 rings (SSSR count). The quantitative estimate of drug-likeness (QED) is 0.713. The molecule has 0 aromatic heterocycles. The number of amides is 2. The van der Waals surface area contributed by atoms with E-state index in [1.807, 2.05) is 24.3 Å². The van der Waals surface area contributed by atoms with Gasteiger partial charge in [-0.3, -0.25) is 9.59 Å². The number of anilines is 2. The van der Waals surface area contributed by atoms with E-state index in [1.54, 1.807) is 23.1 Å². The lowest BCUT2D eigenvalue weighted by molar-refractivity contribution is -0.119. The fourth-order valence-corrected chi connectivity index (χ4v) is 4.80. The Morgan fingerprint density at radius 1 is 1.00 bits per heavy atom. The molecule has 5 nitrogen and oxygen atoms in total. The minimum Gasteiger partial charge on any atom is -0.371 e. The van der Waals surface area contributed by atoms with E-state index in [-0.39, 0.29) is 11.8 Å². The van der Waals surface area contributed by atoms with Crippen LogP contribution in [0, 0.1) is 5.92 Å². The zero-order valence-corrected chi connectivity index (χ0v) is 18.4. The molecule has 2 aromatic rings. The number of nitrogens with one attached hydrogen (secondary N) is 1. The van der Waals surface area contributed by atoms with Gasteiger partial charge in [-0.1, -0.05) is 30.1 Å². The van der Waals surface area contributed by atoms with Gasteiger partial charge >= 0.3 is 0 Å². The number of nitrogens with zero attached hydrogens (tertiary/aromatic N) is 2. The summed E-state index contributed by atoms with van der Waals surface area (Å²) < 4.78 is 0. The first-order valence-corrected chi connectivity index (χ1v) is 11.1. The average molecular weight is 446 g/mol. The minimum absolute atomic E-state index is 0.170. The van der Waals surface area contributed by atoms with Gasteiger partial charge in [0.05, 0.1) is 0 Å². The summed E-state index contributed by atoms with van der Waals surface area (Å²) in [5, 5.41) is 3.77. The number of carbonyl (C=O) groups is 2. The van der Waals surface area contributed by atoms with Crippen LogP contribution >= 0.6 is 23.2 Å². The highest BCUT2D eigenvalue weighted by Gasteiger charge is 2.34. The molecule has 7 heteroatoms. The van der Waals surface area contributed by atoms with Crippen molar-refractivity contribution in [3.8, 4) is 0 Å². The Morgan fingerprint density at radius 3 is 2.33 bits per heavy atom. The molecule has 2 aliphatic rings. The molecule has 2 unspecified atom stereocenters. The van der Waals surface area contributed by atoms with E-state index >= 15 is 0 Å². The lowest BCUT2D eigenvalue weighted by atomic mass is 10.1. The smallest absolute Gasteiger partial charge is 0.254 e. The monoisotopic (exact) mass is 445 g/mol. The predicted octanol–water partition coefficient (Wildman–Crippen LogP) is 5.08. The van der Waals surface area contributed by atoms with Crippen molar-refractivity contribution >= 4 is 46.4 Å². The molecule has 2 fully saturated rings. The third-order valence-electron chi connectivity index (χ3n) is 5.85. The van der Waals surface area contributed by atoms with Crippen LogP contribution in [0.4, 0.5) is 11.4 Å². The highest BCUT2D eigenvalue weighted by atomic mass is 35.5. The summed E-state index contributed by atoms with van der Waals surface area (Å²) in [4.78, 5) is 29.8. The normalized spacial score (nSPS) is 21.2. The fraction of sp³-hybridized carbons (Fsp3) is 0.391. The molecule has 158 valence electrons. The summed E-state index contributed by atoms with van der Waals surface area (Å²) in [6.07, 6.45) is 2.63. The van der Waals surface area contributed by atoms with Crippen molar-refractivity contribution in [2.45, 2.75) is 32.2 Å². The van der Waals surface area contributed by atoms with E-state index in [0.717, 1.165) is 25.2 Å². The summed E-state index contributed by atoms with van der Waals surface area (Å²) in [7, 11) is 0. The predicted molar refractivity (Wildman–Crippen MR) is 122 cm³/mol. The van der Waals surface area contributed by atoms with Crippen molar-refractivity contribution in [3.63, 3.8) is 0 Å². The average Bonchev–Trinajstić information content (AvgIpc) is 3.36. The van der Waals surface area contributed by atoms with Crippen molar-refractivity contribution in [3.05, 3.63) is 58.1 Å². The first kappa shape index (κ1) is 21.0. The van der Waals surface area contributed by atoms with E-state index in [2.05, 4.69) is 17.1 Å². The zero-order chi connectivity index (χ0) is 21.3. The number of benzene rings is 2. The highest BCUT2D eigenvalue weighted by Crippen LogP contribution is 2.27. The molecular weight excluding hydrogens is 421 g/mol. The van der Waals surface area contributed by atoms with E-state index in [9.17, 15) is 9.59 Å². The summed E-state index contributed by atoms with van der Waals surface area (Å²) in [5.41, 5.74) is 2.31. The number of rotatable bonds is 4. The van der Waals surface area contributed by atoms with Gasteiger partial charge in [-0.2, -0.15) is 0 Å². The van der Waals surface area contributed by atoms with Gasteiger partial charge in [-0.05, 0) is 67.6 Å². The molecule has 2 atom stereocenters. The van der Waals surface area contributed by atoms with Crippen molar-refractivity contribution < 1.29 is 9.59 Å². The summed E-state index contributed by atoms with van der Waals surface area (Å²) in [6, 6.07) is 12.2. The first-order valence-electron chi connectivity index (χ1n) is 10.3. The summed E-state index contributed by atoms with van der Waals surface area (Å²) >= 11 is 12.1. The second-order valence-electron chi connectivity index (χ2n) is 8.19. The van der Waals surface area contributed by atoms with Gasteiger partial charge in [-0.15, -0.1) is 0 Å². The van der Waals surface area contributed by atoms with Gasteiger partial charge in [0.2, 0.25) is 5.91 Å². The molecule has 0 radical (unpaired) electrons. The van der Waals surface area contributed by atoms with E-state index < -0.39 is 6.04 Å². The van der Waals surface area contributed by atoms with Gasteiger partial charge in [0.1, 0.15) is 6.04 Å². The topological polar surface area (TPSA) is 52.7 Å². The van der Waals surface area contributed by atoms with Crippen molar-refractivity contribution in [2.24, 2.45) is 5.92 Å². The first-order chi connectivity index (χ1) is 14.4. The number of hydrogen-bond acceptors (Lipinski definition) is 3. The number of hydrogen-bond donors (Lipinski definition) is 1. The zero-order valence-electron chi connectivity index (χ0n) is 16.9. The SMILES string of the molecule is CC1CCN(c2ccc(NC(=O)C3CCCN3C(=O)c3cc(Cl)cc(Cl)c3)cc2)C1. The standard InChI is InChI=1S/C23H25Cl2N3O2/c1-15-8-10-27(14-15)20-6-4-19(5-7-20)26-22(29)21-3-2-9-28(21)23(30)16-11-17(24)13-18(25)12-16/h4-7,11-13,15,21H,2-3,8-10,14H2,1H3,(H,26,29). The third-order valence-corrected chi connectivity index (χ3v) is 6.29. The van der Waals surface area contributed by atoms with Gasteiger partial charge in [0.15, 0.2) is 0 Å². The van der Waals surface area contributed by atoms with Gasteiger partial charge < -0.3 is 15.1 Å². The molecule has 0 spiro atoms. The number of likely N-dealkylation sites (tertiary alicyclic amines) is 1. The molecule has 2 amide bonds. The van der Waals surface area contributed by atoms with Gasteiger partial charge in [0.25, 0.3) is 5.91 Å². The Hall–Kier alpha value is -2.24. The van der Waals surface area contributed by atoms with Crippen LogP contribution < -0.4 is 10.2 Å². The minimum atomic E-state index is -0.505. The molecule has 2 aliphatic heterocycles. The Labute approximate surface area is 186 Å². The van der Waals surface area contributed by atoms with Crippen LogP contribution in [0.5, 0.6) is 0 Å². The molecule has 0 aliphatic carbocycles. The van der Waals surface area contributed by atoms with E-state index in [0.29, 0.717) is 34.5 Å². The molecular formula is C23H25Cl2N3O2. The Balaban J connectivity index is 1.43. The Kier molecular flexibility index (Phi) is 6.21. The lowest BCUT2D eigenvalue weighted by Gasteiger charge is -2.24. The van der Waals surface area contributed by atoms with Crippen LogP contribution in [-0.4, -0.2) is 42.4 Å². The molecule has 0 bridgehead atoms. The summed E-state index contributed by atoms with van der Waals surface area (Å²) in [5.74, 6) is 0.316. The van der Waals surface area contributed by atoms with Gasteiger partial charge in [0, 0.05) is 46.6 Å². The van der Waals surface area contributed by atoms with Crippen LogP contribution in [0.3, 0.4) is 0 Å². The molecule has 30 heavy (non-hydrogen) atoms. The lowest BCUT2D eigenvalue weighted by Crippen LogP contribution is -2.43. The second-order valence-corrected chi connectivity index (χ2v) is 9.06. The van der Waals surface area contributed by atoms with E-state index in [4.69, 9.17) is 23.2 Å². The largest absolute Gasteiger partial charge is 0.371 e. The van der Waals surface area contributed by atoms with E-state index in [1.165, 1.54) is 12.1 Å². The maximum atomic E-state index is 13.0. The van der Waals surface area contributed by atoms with Crippen molar-refractivity contribution in [1.29, 1.82) is 0 Å². The highest BCUT2D eigenvalue weighted by molar-refractivity contribution is 6.35. The van der Waals surface area contributed by atoms with Crippen LogP contribution in [0.1, 0.15) is 36.5 Å². The Morgan fingerprint density at radius 2 is 1.70 bits per heavy atom.